The quantitative estimate of drug-likeness (QED) is 0.805. The Morgan fingerprint density at radius 1 is 1.35 bits per heavy atom. The maximum absolute atomic E-state index is 12.3. The monoisotopic (exact) mass is 331 g/mol. The molecule has 0 fully saturated rings. The molecular formula is C11H10BrNO2S2. The van der Waals surface area contributed by atoms with Gasteiger partial charge in [0.1, 0.15) is 5.25 Å². The molecule has 0 aliphatic heterocycles. The summed E-state index contributed by atoms with van der Waals surface area (Å²) in [6.45, 7) is 3.62. The van der Waals surface area contributed by atoms with Crippen molar-refractivity contribution < 1.29 is 8.42 Å². The van der Waals surface area contributed by atoms with Crippen molar-refractivity contribution in [3.8, 4) is 0 Å². The Balaban J connectivity index is 2.47. The summed E-state index contributed by atoms with van der Waals surface area (Å²) < 4.78 is 26.8. The third-order valence-electron chi connectivity index (χ3n) is 2.28. The van der Waals surface area contributed by atoms with Crippen molar-refractivity contribution in [3.05, 3.63) is 58.0 Å². The van der Waals surface area contributed by atoms with Crippen LogP contribution in [0.15, 0.2) is 53.1 Å². The minimum Gasteiger partial charge on any atom is -0.252 e. The molecule has 0 amide bonds. The fourth-order valence-corrected chi connectivity index (χ4v) is 4.75. The number of nitrogens with zero attached hydrogens (tertiary/aromatic N) is 1. The molecule has 2 aromatic heterocycles. The van der Waals surface area contributed by atoms with Crippen LogP contribution in [0.1, 0.15) is 10.1 Å². The van der Waals surface area contributed by atoms with E-state index in [4.69, 9.17) is 0 Å². The maximum Gasteiger partial charge on any atom is 0.249 e. The van der Waals surface area contributed by atoms with E-state index in [0.29, 0.717) is 0 Å². The molecule has 0 saturated carbocycles. The van der Waals surface area contributed by atoms with Gasteiger partial charge in [0.05, 0.1) is 3.79 Å². The van der Waals surface area contributed by atoms with Gasteiger partial charge in [0.15, 0.2) is 0 Å². The van der Waals surface area contributed by atoms with Crippen LogP contribution in [-0.2, 0) is 10.0 Å². The summed E-state index contributed by atoms with van der Waals surface area (Å²) in [6.07, 6.45) is 4.50. The lowest BCUT2D eigenvalue weighted by Gasteiger charge is -2.12. The van der Waals surface area contributed by atoms with E-state index in [1.165, 1.54) is 33.8 Å². The molecule has 0 N–H and O–H groups in total. The minimum absolute atomic E-state index is 0.716. The average Bonchev–Trinajstić information content (AvgIpc) is 2.89. The lowest BCUT2D eigenvalue weighted by atomic mass is 10.3. The highest BCUT2D eigenvalue weighted by molar-refractivity contribution is 9.11. The Morgan fingerprint density at radius 2 is 2.00 bits per heavy atom. The van der Waals surface area contributed by atoms with Crippen molar-refractivity contribution in [1.82, 2.24) is 3.97 Å². The first-order valence-corrected chi connectivity index (χ1v) is 7.92. The molecule has 0 aliphatic rings. The first kappa shape index (κ1) is 12.6. The molecule has 17 heavy (non-hydrogen) atoms. The van der Waals surface area contributed by atoms with Crippen LogP contribution in [0.2, 0.25) is 0 Å². The van der Waals surface area contributed by atoms with Gasteiger partial charge in [0.25, 0.3) is 0 Å². The second kappa shape index (κ2) is 4.80. The van der Waals surface area contributed by atoms with Gasteiger partial charge < -0.3 is 0 Å². The first-order valence-electron chi connectivity index (χ1n) is 4.81. The van der Waals surface area contributed by atoms with Gasteiger partial charge in [-0.05, 0) is 40.2 Å². The number of hydrogen-bond acceptors (Lipinski definition) is 3. The van der Waals surface area contributed by atoms with Crippen molar-refractivity contribution in [3.63, 3.8) is 0 Å². The molecular weight excluding hydrogens is 322 g/mol. The third-order valence-corrected chi connectivity index (χ3v) is 6.06. The molecule has 0 spiro atoms. The summed E-state index contributed by atoms with van der Waals surface area (Å²) in [4.78, 5) is 0.751. The third kappa shape index (κ3) is 2.38. The van der Waals surface area contributed by atoms with Crippen LogP contribution in [0.4, 0.5) is 0 Å². The Bertz CT molecular complexity index is 614. The topological polar surface area (TPSA) is 39.1 Å². The molecule has 0 bridgehead atoms. The highest BCUT2D eigenvalue weighted by atomic mass is 79.9. The lowest BCUT2D eigenvalue weighted by molar-refractivity contribution is 0.582. The zero-order valence-electron chi connectivity index (χ0n) is 8.78. The molecule has 2 rings (SSSR count). The Labute approximate surface area is 113 Å². The maximum atomic E-state index is 12.3. The van der Waals surface area contributed by atoms with Crippen LogP contribution in [0, 0.1) is 0 Å². The van der Waals surface area contributed by atoms with Gasteiger partial charge in [-0.15, -0.1) is 17.9 Å². The standard InChI is InChI=1S/C11H10BrNO2S2/c1-2-10(9-5-6-11(12)16-9)17(14,15)13-7-3-4-8-13/h2-8,10H,1H2. The van der Waals surface area contributed by atoms with E-state index in [9.17, 15) is 8.42 Å². The van der Waals surface area contributed by atoms with Gasteiger partial charge in [-0.25, -0.2) is 8.42 Å². The Hall–Kier alpha value is -0.850. The summed E-state index contributed by atoms with van der Waals surface area (Å²) in [5.74, 6) is 0. The molecule has 0 saturated heterocycles. The van der Waals surface area contributed by atoms with Gasteiger partial charge >= 0.3 is 0 Å². The fraction of sp³-hybridized carbons (Fsp3) is 0.0909. The van der Waals surface area contributed by atoms with E-state index in [-0.39, 0.29) is 0 Å². The Kier molecular flexibility index (Phi) is 3.56. The number of aromatic nitrogens is 1. The predicted octanol–water partition coefficient (Wildman–Crippen LogP) is 3.42. The van der Waals surface area contributed by atoms with Crippen molar-refractivity contribution in [2.45, 2.75) is 5.25 Å². The molecule has 0 aliphatic carbocycles. The molecule has 0 aromatic carbocycles. The first-order chi connectivity index (χ1) is 8.05. The molecule has 2 aromatic rings. The summed E-state index contributed by atoms with van der Waals surface area (Å²) >= 11 is 4.73. The molecule has 0 radical (unpaired) electrons. The van der Waals surface area contributed by atoms with E-state index < -0.39 is 15.3 Å². The lowest BCUT2D eigenvalue weighted by Crippen LogP contribution is -2.17. The van der Waals surface area contributed by atoms with Gasteiger partial charge in [-0.3, -0.25) is 3.97 Å². The van der Waals surface area contributed by atoms with Crippen LogP contribution in [0.5, 0.6) is 0 Å². The van der Waals surface area contributed by atoms with E-state index in [1.807, 2.05) is 6.07 Å². The summed E-state index contributed by atoms with van der Waals surface area (Å²) in [7, 11) is -3.46. The molecule has 1 atom stereocenters. The van der Waals surface area contributed by atoms with Crippen molar-refractivity contribution in [2.24, 2.45) is 0 Å². The van der Waals surface area contributed by atoms with Crippen LogP contribution in [-0.4, -0.2) is 12.4 Å². The molecule has 90 valence electrons. The van der Waals surface area contributed by atoms with Crippen molar-refractivity contribution in [2.75, 3.05) is 0 Å². The number of hydrogen-bond donors (Lipinski definition) is 0. The second-order valence-electron chi connectivity index (χ2n) is 3.36. The predicted molar refractivity (Wildman–Crippen MR) is 73.7 cm³/mol. The number of rotatable bonds is 4. The minimum atomic E-state index is -3.46. The SMILES string of the molecule is C=CC(c1ccc(Br)s1)S(=O)(=O)n1cccc1. The van der Waals surface area contributed by atoms with E-state index in [1.54, 1.807) is 18.2 Å². The van der Waals surface area contributed by atoms with Crippen LogP contribution in [0.3, 0.4) is 0 Å². The van der Waals surface area contributed by atoms with Gasteiger partial charge in [-0.2, -0.15) is 0 Å². The van der Waals surface area contributed by atoms with Crippen molar-refractivity contribution >= 4 is 37.3 Å². The average molecular weight is 332 g/mol. The van der Waals surface area contributed by atoms with Crippen molar-refractivity contribution in [1.29, 1.82) is 0 Å². The smallest absolute Gasteiger partial charge is 0.249 e. The van der Waals surface area contributed by atoms with Gasteiger partial charge in [0.2, 0.25) is 10.0 Å². The highest BCUT2D eigenvalue weighted by Crippen LogP contribution is 2.33. The molecule has 2 heterocycles. The molecule has 1 unspecified atom stereocenters. The molecule has 6 heteroatoms. The fourth-order valence-electron chi connectivity index (χ4n) is 1.49. The second-order valence-corrected chi connectivity index (χ2v) is 7.81. The van der Waals surface area contributed by atoms with Gasteiger partial charge in [0, 0.05) is 17.3 Å². The Morgan fingerprint density at radius 3 is 2.47 bits per heavy atom. The summed E-state index contributed by atoms with van der Waals surface area (Å²) in [5.41, 5.74) is 0. The highest BCUT2D eigenvalue weighted by Gasteiger charge is 2.26. The normalized spacial score (nSPS) is 13.5. The van der Waals surface area contributed by atoms with Crippen LogP contribution < -0.4 is 0 Å². The zero-order chi connectivity index (χ0) is 12.5. The summed E-state index contributed by atoms with van der Waals surface area (Å²) in [6, 6.07) is 6.99. The zero-order valence-corrected chi connectivity index (χ0v) is 12.0. The van der Waals surface area contributed by atoms with Crippen LogP contribution in [0.25, 0.3) is 0 Å². The van der Waals surface area contributed by atoms with E-state index >= 15 is 0 Å². The van der Waals surface area contributed by atoms with Gasteiger partial charge in [-0.1, -0.05) is 6.08 Å². The number of thiophene rings is 1. The van der Waals surface area contributed by atoms with Crippen LogP contribution >= 0.6 is 27.3 Å². The summed E-state index contributed by atoms with van der Waals surface area (Å²) in [5, 5.41) is -0.716. The molecule has 3 nitrogen and oxygen atoms in total. The van der Waals surface area contributed by atoms with E-state index in [0.717, 1.165) is 8.66 Å². The van der Waals surface area contributed by atoms with E-state index in [2.05, 4.69) is 22.5 Å². The number of halogens is 1. The largest absolute Gasteiger partial charge is 0.252 e.